The van der Waals surface area contributed by atoms with Crippen molar-refractivity contribution in [2.45, 2.75) is 13.0 Å². The Morgan fingerprint density at radius 3 is 2.86 bits per heavy atom. The van der Waals surface area contributed by atoms with E-state index in [0.717, 1.165) is 5.56 Å². The molecule has 28 heavy (non-hydrogen) atoms. The second-order valence-corrected chi connectivity index (χ2v) is 7.01. The van der Waals surface area contributed by atoms with Gasteiger partial charge in [-0.2, -0.15) is 5.10 Å². The van der Waals surface area contributed by atoms with Gasteiger partial charge >= 0.3 is 0 Å². The highest BCUT2D eigenvalue weighted by Gasteiger charge is 2.35. The Balaban J connectivity index is 1.35. The van der Waals surface area contributed by atoms with Gasteiger partial charge in [0.15, 0.2) is 5.82 Å². The maximum Gasteiger partial charge on any atom is 0.227 e. The summed E-state index contributed by atoms with van der Waals surface area (Å²) in [5, 5.41) is 7.58. The summed E-state index contributed by atoms with van der Waals surface area (Å²) in [4.78, 5) is 30.8. The second kappa shape index (κ2) is 7.82. The summed E-state index contributed by atoms with van der Waals surface area (Å²) in [6, 6.07) is 12.6. The number of anilines is 1. The smallest absolute Gasteiger partial charge is 0.227 e. The Labute approximate surface area is 166 Å². The summed E-state index contributed by atoms with van der Waals surface area (Å²) < 4.78 is 1.66. The molecule has 4 rings (SSSR count). The van der Waals surface area contributed by atoms with E-state index < -0.39 is 0 Å². The van der Waals surface area contributed by atoms with Crippen LogP contribution in [0.4, 0.5) is 5.69 Å². The van der Waals surface area contributed by atoms with Crippen molar-refractivity contribution in [1.82, 2.24) is 20.1 Å². The molecule has 1 saturated heterocycles. The Morgan fingerprint density at radius 1 is 1.25 bits per heavy atom. The van der Waals surface area contributed by atoms with Crippen molar-refractivity contribution in [3.8, 4) is 5.82 Å². The molecular formula is C20H18ClN5O2. The number of carbonyl (C=O) groups excluding carboxylic acids is 2. The molecule has 1 aromatic carbocycles. The van der Waals surface area contributed by atoms with E-state index in [1.54, 1.807) is 40.2 Å². The summed E-state index contributed by atoms with van der Waals surface area (Å²) in [6.07, 6.45) is 5.39. The van der Waals surface area contributed by atoms with Crippen LogP contribution in [0.5, 0.6) is 0 Å². The highest BCUT2D eigenvalue weighted by Crippen LogP contribution is 2.27. The number of rotatable bonds is 5. The summed E-state index contributed by atoms with van der Waals surface area (Å²) in [5.74, 6) is 0.100. The standard InChI is InChI=1S/C20H18ClN5O2/c21-16-3-1-4-17(10-16)25-13-15(9-19(25)27)20(28)23-12-14-5-6-18(22-11-14)26-8-2-7-24-26/h1-8,10-11,15H,9,12-13H2,(H,23,28)/t15-/m0/s1. The zero-order valence-corrected chi connectivity index (χ0v) is 15.7. The van der Waals surface area contributed by atoms with Gasteiger partial charge in [-0.1, -0.05) is 23.7 Å². The number of amides is 2. The molecule has 3 heterocycles. The monoisotopic (exact) mass is 395 g/mol. The third-order valence-electron chi connectivity index (χ3n) is 4.63. The number of aromatic nitrogens is 3. The van der Waals surface area contributed by atoms with E-state index in [0.29, 0.717) is 29.6 Å². The molecular weight excluding hydrogens is 378 g/mol. The van der Waals surface area contributed by atoms with Crippen molar-refractivity contribution in [1.29, 1.82) is 0 Å². The molecule has 1 fully saturated rings. The fourth-order valence-electron chi connectivity index (χ4n) is 3.17. The molecule has 0 unspecified atom stereocenters. The summed E-state index contributed by atoms with van der Waals surface area (Å²) in [5.41, 5.74) is 1.59. The van der Waals surface area contributed by atoms with Gasteiger partial charge in [-0.3, -0.25) is 9.59 Å². The highest BCUT2D eigenvalue weighted by atomic mass is 35.5. The number of halogens is 1. The minimum atomic E-state index is -0.386. The van der Waals surface area contributed by atoms with E-state index in [1.165, 1.54) is 0 Å². The normalized spacial score (nSPS) is 16.4. The predicted octanol–water partition coefficient (Wildman–Crippen LogP) is 2.59. The van der Waals surface area contributed by atoms with Crippen molar-refractivity contribution in [2.75, 3.05) is 11.4 Å². The molecule has 2 aromatic heterocycles. The fraction of sp³-hybridized carbons (Fsp3) is 0.200. The summed E-state index contributed by atoms with van der Waals surface area (Å²) >= 11 is 6.00. The minimum Gasteiger partial charge on any atom is -0.352 e. The van der Waals surface area contributed by atoms with Crippen LogP contribution in [0, 0.1) is 5.92 Å². The lowest BCUT2D eigenvalue weighted by molar-refractivity contribution is -0.126. The maximum absolute atomic E-state index is 12.5. The van der Waals surface area contributed by atoms with E-state index in [4.69, 9.17) is 11.6 Å². The summed E-state index contributed by atoms with van der Waals surface area (Å²) in [6.45, 7) is 0.703. The number of hydrogen-bond donors (Lipinski definition) is 1. The number of benzene rings is 1. The van der Waals surface area contributed by atoms with Crippen LogP contribution in [0.3, 0.4) is 0 Å². The Kier molecular flexibility index (Phi) is 5.08. The lowest BCUT2D eigenvalue weighted by Crippen LogP contribution is -2.32. The largest absolute Gasteiger partial charge is 0.352 e. The third kappa shape index (κ3) is 3.89. The molecule has 1 atom stereocenters. The number of pyridine rings is 1. The van der Waals surface area contributed by atoms with E-state index >= 15 is 0 Å². The Bertz CT molecular complexity index is 988. The van der Waals surface area contributed by atoms with Gasteiger partial charge in [0.2, 0.25) is 11.8 Å². The third-order valence-corrected chi connectivity index (χ3v) is 4.87. The molecule has 1 N–H and O–H groups in total. The Morgan fingerprint density at radius 2 is 2.14 bits per heavy atom. The molecule has 8 heteroatoms. The first-order chi connectivity index (χ1) is 13.6. The molecule has 142 valence electrons. The predicted molar refractivity (Wildman–Crippen MR) is 105 cm³/mol. The Hall–Kier alpha value is -3.19. The molecule has 1 aliphatic heterocycles. The molecule has 0 radical (unpaired) electrons. The highest BCUT2D eigenvalue weighted by molar-refractivity contribution is 6.31. The minimum absolute atomic E-state index is 0.0762. The van der Waals surface area contributed by atoms with Crippen LogP contribution in [-0.2, 0) is 16.1 Å². The van der Waals surface area contributed by atoms with E-state index in [-0.39, 0.29) is 24.2 Å². The first-order valence-corrected chi connectivity index (χ1v) is 9.26. The van der Waals surface area contributed by atoms with E-state index in [1.807, 2.05) is 30.5 Å². The number of carbonyl (C=O) groups is 2. The molecule has 2 amide bonds. The van der Waals surface area contributed by atoms with Crippen LogP contribution in [-0.4, -0.2) is 33.1 Å². The molecule has 3 aromatic rings. The van der Waals surface area contributed by atoms with Crippen LogP contribution < -0.4 is 10.2 Å². The summed E-state index contributed by atoms with van der Waals surface area (Å²) in [7, 11) is 0. The molecule has 1 aliphatic rings. The number of nitrogens with zero attached hydrogens (tertiary/aromatic N) is 4. The molecule has 0 aliphatic carbocycles. The zero-order valence-electron chi connectivity index (χ0n) is 15.0. The van der Waals surface area contributed by atoms with Gasteiger partial charge in [-0.05, 0) is 35.9 Å². The average molecular weight is 396 g/mol. The van der Waals surface area contributed by atoms with Crippen LogP contribution >= 0.6 is 11.6 Å². The average Bonchev–Trinajstić information content (AvgIpc) is 3.36. The van der Waals surface area contributed by atoms with E-state index in [2.05, 4.69) is 15.4 Å². The van der Waals surface area contributed by atoms with Crippen molar-refractivity contribution in [2.24, 2.45) is 5.92 Å². The van der Waals surface area contributed by atoms with Gasteiger partial charge in [0, 0.05) is 48.8 Å². The number of nitrogens with one attached hydrogen (secondary N) is 1. The van der Waals surface area contributed by atoms with Gasteiger partial charge in [-0.15, -0.1) is 0 Å². The van der Waals surface area contributed by atoms with E-state index in [9.17, 15) is 9.59 Å². The topological polar surface area (TPSA) is 80.1 Å². The van der Waals surface area contributed by atoms with Crippen LogP contribution in [0.25, 0.3) is 5.82 Å². The van der Waals surface area contributed by atoms with Crippen LogP contribution in [0.2, 0.25) is 5.02 Å². The molecule has 7 nitrogen and oxygen atoms in total. The second-order valence-electron chi connectivity index (χ2n) is 6.58. The number of hydrogen-bond acceptors (Lipinski definition) is 4. The SMILES string of the molecule is O=C(NCc1ccc(-n2cccn2)nc1)[C@H]1CC(=O)N(c2cccc(Cl)c2)C1. The van der Waals surface area contributed by atoms with Gasteiger partial charge in [0.05, 0.1) is 5.92 Å². The van der Waals surface area contributed by atoms with Crippen molar-refractivity contribution in [3.63, 3.8) is 0 Å². The quantitative estimate of drug-likeness (QED) is 0.720. The van der Waals surface area contributed by atoms with Crippen molar-refractivity contribution in [3.05, 3.63) is 71.6 Å². The zero-order chi connectivity index (χ0) is 19.5. The first-order valence-electron chi connectivity index (χ1n) is 8.89. The molecule has 0 saturated carbocycles. The van der Waals surface area contributed by atoms with Gasteiger partial charge in [0.1, 0.15) is 0 Å². The van der Waals surface area contributed by atoms with Crippen molar-refractivity contribution < 1.29 is 9.59 Å². The fourth-order valence-corrected chi connectivity index (χ4v) is 3.36. The van der Waals surface area contributed by atoms with Gasteiger partial charge in [0.25, 0.3) is 0 Å². The first kappa shape index (κ1) is 18.2. The van der Waals surface area contributed by atoms with Gasteiger partial charge < -0.3 is 10.2 Å². The molecule has 0 spiro atoms. The van der Waals surface area contributed by atoms with Gasteiger partial charge in [-0.25, -0.2) is 9.67 Å². The molecule has 0 bridgehead atoms. The van der Waals surface area contributed by atoms with Crippen LogP contribution in [0.15, 0.2) is 61.1 Å². The lowest BCUT2D eigenvalue weighted by atomic mass is 10.1. The van der Waals surface area contributed by atoms with Crippen molar-refractivity contribution >= 4 is 29.1 Å². The van der Waals surface area contributed by atoms with Crippen LogP contribution in [0.1, 0.15) is 12.0 Å². The lowest BCUT2D eigenvalue weighted by Gasteiger charge is -2.17. The maximum atomic E-state index is 12.5.